The minimum absolute atomic E-state index is 0.0251. The van der Waals surface area contributed by atoms with E-state index in [1.807, 2.05) is 23.6 Å². The fraction of sp³-hybridized carbons (Fsp3) is 0.200. The zero-order chi connectivity index (χ0) is 20.1. The zero-order valence-electron chi connectivity index (χ0n) is 15.5. The van der Waals surface area contributed by atoms with Crippen molar-refractivity contribution in [3.63, 3.8) is 0 Å². The Bertz CT molecular complexity index is 988. The lowest BCUT2D eigenvalue weighted by atomic mass is 10.2. The van der Waals surface area contributed by atoms with Crippen LogP contribution in [0.15, 0.2) is 41.8 Å². The summed E-state index contributed by atoms with van der Waals surface area (Å²) in [5, 5.41) is 2.99. The highest BCUT2D eigenvalue weighted by atomic mass is 35.5. The highest BCUT2D eigenvalue weighted by molar-refractivity contribution is 7.13. The summed E-state index contributed by atoms with van der Waals surface area (Å²) in [5.41, 5.74) is 1.69. The quantitative estimate of drug-likeness (QED) is 0.510. The number of thiazole rings is 1. The first kappa shape index (κ1) is 20.0. The molecular weight excluding hydrogens is 402 g/mol. The average Bonchev–Trinajstić information content (AvgIpc) is 3.20. The Morgan fingerprint density at radius 3 is 2.57 bits per heavy atom. The van der Waals surface area contributed by atoms with E-state index < -0.39 is 5.97 Å². The van der Waals surface area contributed by atoms with E-state index in [1.165, 1.54) is 24.5 Å². The first-order valence-corrected chi connectivity index (χ1v) is 9.49. The van der Waals surface area contributed by atoms with E-state index in [-0.39, 0.29) is 12.2 Å². The third kappa shape index (κ3) is 4.21. The van der Waals surface area contributed by atoms with Crippen LogP contribution >= 0.6 is 22.9 Å². The number of ether oxygens (including phenoxy) is 4. The maximum atomic E-state index is 12.4. The van der Waals surface area contributed by atoms with Gasteiger partial charge >= 0.3 is 5.97 Å². The molecule has 0 radical (unpaired) electrons. The molecule has 3 rings (SSSR count). The van der Waals surface area contributed by atoms with Crippen molar-refractivity contribution < 1.29 is 23.7 Å². The van der Waals surface area contributed by atoms with Crippen molar-refractivity contribution in [2.24, 2.45) is 0 Å². The summed E-state index contributed by atoms with van der Waals surface area (Å²) >= 11 is 7.39. The first-order chi connectivity index (χ1) is 13.6. The van der Waals surface area contributed by atoms with Gasteiger partial charge in [-0.05, 0) is 30.3 Å². The monoisotopic (exact) mass is 419 g/mol. The van der Waals surface area contributed by atoms with E-state index in [0.29, 0.717) is 28.0 Å². The minimum atomic E-state index is -0.534. The van der Waals surface area contributed by atoms with E-state index in [2.05, 4.69) is 4.98 Å². The van der Waals surface area contributed by atoms with Crippen molar-refractivity contribution in [2.45, 2.75) is 6.61 Å². The predicted octanol–water partition coefficient (Wildman–Crippen LogP) is 4.85. The van der Waals surface area contributed by atoms with E-state index in [0.717, 1.165) is 10.6 Å². The van der Waals surface area contributed by atoms with Gasteiger partial charge in [0.2, 0.25) is 0 Å². The van der Waals surface area contributed by atoms with Crippen LogP contribution in [0.1, 0.15) is 16.1 Å². The molecule has 0 spiro atoms. The number of nitrogens with zero attached hydrogens (tertiary/aromatic N) is 1. The number of hydrogen-bond donors (Lipinski definition) is 0. The summed E-state index contributed by atoms with van der Waals surface area (Å²) in [6.45, 7) is 0.0251. The number of carbonyl (C=O) groups is 1. The Kier molecular flexibility index (Phi) is 6.38. The molecule has 0 aliphatic carbocycles. The molecule has 1 aromatic heterocycles. The van der Waals surface area contributed by atoms with Gasteiger partial charge in [-0.2, -0.15) is 0 Å². The lowest BCUT2D eigenvalue weighted by molar-refractivity contribution is 0.0465. The van der Waals surface area contributed by atoms with Crippen molar-refractivity contribution in [2.75, 3.05) is 21.3 Å². The number of aromatic nitrogens is 1. The van der Waals surface area contributed by atoms with Gasteiger partial charge in [0.05, 0.1) is 32.6 Å². The molecule has 28 heavy (non-hydrogen) atoms. The van der Waals surface area contributed by atoms with Crippen molar-refractivity contribution in [3.8, 4) is 27.8 Å². The van der Waals surface area contributed by atoms with Crippen molar-refractivity contribution in [1.29, 1.82) is 0 Å². The maximum absolute atomic E-state index is 12.4. The molecule has 6 nitrogen and oxygen atoms in total. The van der Waals surface area contributed by atoms with Crippen LogP contribution in [0.5, 0.6) is 17.2 Å². The Hall–Kier alpha value is -2.77. The van der Waals surface area contributed by atoms with Gasteiger partial charge in [-0.15, -0.1) is 11.3 Å². The summed E-state index contributed by atoms with van der Waals surface area (Å²) in [6.07, 6.45) is 0. The van der Waals surface area contributed by atoms with Crippen LogP contribution in [-0.2, 0) is 11.3 Å². The second-order valence-corrected chi connectivity index (χ2v) is 6.90. The number of carbonyl (C=O) groups excluding carboxylic acids is 1. The topological polar surface area (TPSA) is 66.9 Å². The molecule has 0 unspecified atom stereocenters. The van der Waals surface area contributed by atoms with Crippen molar-refractivity contribution in [1.82, 2.24) is 4.98 Å². The molecule has 3 aromatic rings. The largest absolute Gasteiger partial charge is 0.496 e. The number of rotatable bonds is 7. The molecular formula is C20H18ClNO5S. The van der Waals surface area contributed by atoms with Gasteiger partial charge in [0.1, 0.15) is 22.9 Å². The molecule has 0 aliphatic heterocycles. The number of para-hydroxylation sites is 1. The molecule has 0 atom stereocenters. The van der Waals surface area contributed by atoms with Crippen molar-refractivity contribution >= 4 is 28.9 Å². The Balaban J connectivity index is 1.76. The molecule has 0 saturated heterocycles. The average molecular weight is 420 g/mol. The number of halogens is 1. The predicted molar refractivity (Wildman–Crippen MR) is 108 cm³/mol. The van der Waals surface area contributed by atoms with E-state index in [4.69, 9.17) is 30.5 Å². The van der Waals surface area contributed by atoms with Gasteiger partial charge in [-0.3, -0.25) is 0 Å². The van der Waals surface area contributed by atoms with E-state index >= 15 is 0 Å². The molecule has 0 fully saturated rings. The van der Waals surface area contributed by atoms with Gasteiger partial charge in [-0.1, -0.05) is 17.7 Å². The van der Waals surface area contributed by atoms with Crippen LogP contribution in [0.4, 0.5) is 0 Å². The maximum Gasteiger partial charge on any atom is 0.342 e. The fourth-order valence-corrected chi connectivity index (χ4v) is 3.61. The smallest absolute Gasteiger partial charge is 0.342 e. The lowest BCUT2D eigenvalue weighted by Crippen LogP contribution is -2.07. The third-order valence-corrected chi connectivity index (χ3v) is 5.08. The van der Waals surface area contributed by atoms with Gasteiger partial charge in [0, 0.05) is 10.4 Å². The van der Waals surface area contributed by atoms with Gasteiger partial charge in [-0.25, -0.2) is 9.78 Å². The lowest BCUT2D eigenvalue weighted by Gasteiger charge is -2.10. The highest BCUT2D eigenvalue weighted by Crippen LogP contribution is 2.39. The van der Waals surface area contributed by atoms with E-state index in [1.54, 1.807) is 26.4 Å². The number of benzene rings is 2. The standard InChI is InChI=1S/C20H18ClNO5S/c1-24-16-8-7-12(21)9-15(16)20(23)27-10-13-11-28-19(22-13)14-5-4-6-17(25-2)18(14)26-3/h4-9,11H,10H2,1-3H3. The molecule has 8 heteroatoms. The normalized spacial score (nSPS) is 10.4. The van der Waals surface area contributed by atoms with Gasteiger partial charge < -0.3 is 18.9 Å². The summed E-state index contributed by atoms with van der Waals surface area (Å²) in [7, 11) is 4.64. The van der Waals surface area contributed by atoms with Crippen LogP contribution in [0.3, 0.4) is 0 Å². The Morgan fingerprint density at radius 2 is 1.86 bits per heavy atom. The molecule has 0 saturated carbocycles. The van der Waals surface area contributed by atoms with Crippen LogP contribution in [0, 0.1) is 0 Å². The second-order valence-electron chi connectivity index (χ2n) is 5.61. The zero-order valence-corrected chi connectivity index (χ0v) is 17.1. The first-order valence-electron chi connectivity index (χ1n) is 8.23. The summed E-state index contributed by atoms with van der Waals surface area (Å²) < 4.78 is 21.3. The third-order valence-electron chi connectivity index (χ3n) is 3.92. The number of methoxy groups -OCH3 is 3. The molecule has 0 amide bonds. The van der Waals surface area contributed by atoms with Crippen LogP contribution < -0.4 is 14.2 Å². The molecule has 0 N–H and O–H groups in total. The Labute approximate surface area is 171 Å². The number of esters is 1. The summed E-state index contributed by atoms with van der Waals surface area (Å²) in [6, 6.07) is 10.4. The molecule has 2 aromatic carbocycles. The number of hydrogen-bond acceptors (Lipinski definition) is 7. The second kappa shape index (κ2) is 8.95. The van der Waals surface area contributed by atoms with Gasteiger partial charge in [0.15, 0.2) is 11.5 Å². The molecule has 146 valence electrons. The van der Waals surface area contributed by atoms with Gasteiger partial charge in [0.25, 0.3) is 0 Å². The Morgan fingerprint density at radius 1 is 1.07 bits per heavy atom. The van der Waals surface area contributed by atoms with Crippen molar-refractivity contribution in [3.05, 3.63) is 58.1 Å². The SMILES string of the molecule is COc1ccc(Cl)cc1C(=O)OCc1csc(-c2cccc(OC)c2OC)n1. The van der Waals surface area contributed by atoms with Crippen LogP contribution in [0.25, 0.3) is 10.6 Å². The van der Waals surface area contributed by atoms with Crippen LogP contribution in [-0.4, -0.2) is 32.3 Å². The summed E-state index contributed by atoms with van der Waals surface area (Å²) in [5.74, 6) is 1.09. The fourth-order valence-electron chi connectivity index (χ4n) is 2.61. The summed E-state index contributed by atoms with van der Waals surface area (Å²) in [4.78, 5) is 16.9. The molecule has 0 aliphatic rings. The van der Waals surface area contributed by atoms with Crippen LogP contribution in [0.2, 0.25) is 5.02 Å². The molecule has 1 heterocycles. The minimum Gasteiger partial charge on any atom is -0.496 e. The molecule has 0 bridgehead atoms. The highest BCUT2D eigenvalue weighted by Gasteiger charge is 2.17. The van der Waals surface area contributed by atoms with E-state index in [9.17, 15) is 4.79 Å².